The summed E-state index contributed by atoms with van der Waals surface area (Å²) in [5, 5.41) is 3.53. The summed E-state index contributed by atoms with van der Waals surface area (Å²) in [7, 11) is 0. The molecule has 0 amide bonds. The highest BCUT2D eigenvalue weighted by atomic mass is 16.4. The van der Waals surface area contributed by atoms with Gasteiger partial charge in [-0.2, -0.15) is 0 Å². The van der Waals surface area contributed by atoms with Crippen molar-refractivity contribution in [1.82, 2.24) is 10.3 Å². The van der Waals surface area contributed by atoms with Crippen LogP contribution < -0.4 is 5.32 Å². The summed E-state index contributed by atoms with van der Waals surface area (Å²) in [6, 6.07) is 9.17. The number of rotatable bonds is 3. The second kappa shape index (κ2) is 4.58. The number of hydrogen-bond donors (Lipinski definition) is 1. The minimum atomic E-state index is 0.509. The van der Waals surface area contributed by atoms with Crippen LogP contribution in [0.3, 0.4) is 0 Å². The molecule has 1 aromatic carbocycles. The lowest BCUT2D eigenvalue weighted by Crippen LogP contribution is -2.29. The lowest BCUT2D eigenvalue weighted by Gasteiger charge is -2.09. The molecule has 3 heteroatoms. The van der Waals surface area contributed by atoms with Gasteiger partial charge >= 0.3 is 0 Å². The Bertz CT molecular complexity index is 515. The molecule has 1 aliphatic rings. The van der Waals surface area contributed by atoms with Gasteiger partial charge in [-0.15, -0.1) is 0 Å². The fourth-order valence-electron chi connectivity index (χ4n) is 2.55. The Hall–Kier alpha value is -1.61. The molecular formula is C15H18N2O. The summed E-state index contributed by atoms with van der Waals surface area (Å²) < 4.78 is 5.58. The number of nitrogens with one attached hydrogen (secondary N) is 1. The number of aryl methyl sites for hydroxylation is 2. The third kappa shape index (κ3) is 2.18. The van der Waals surface area contributed by atoms with Crippen molar-refractivity contribution in [1.29, 1.82) is 0 Å². The smallest absolute Gasteiger partial charge is 0.208 e. The van der Waals surface area contributed by atoms with Gasteiger partial charge < -0.3 is 9.73 Å². The molecule has 18 heavy (non-hydrogen) atoms. The minimum absolute atomic E-state index is 0.509. The summed E-state index contributed by atoms with van der Waals surface area (Å²) >= 11 is 0. The lowest BCUT2D eigenvalue weighted by atomic mass is 10.1. The van der Waals surface area contributed by atoms with Crippen LogP contribution in [-0.4, -0.2) is 11.0 Å². The van der Waals surface area contributed by atoms with E-state index in [1.165, 1.54) is 11.1 Å². The van der Waals surface area contributed by atoms with Crippen LogP contribution in [0.4, 0.5) is 0 Å². The topological polar surface area (TPSA) is 38.1 Å². The van der Waals surface area contributed by atoms with E-state index in [1.54, 1.807) is 0 Å². The Balaban J connectivity index is 1.60. The van der Waals surface area contributed by atoms with Gasteiger partial charge in [-0.1, -0.05) is 24.3 Å². The first-order chi connectivity index (χ1) is 8.72. The molecule has 0 fully saturated rings. The molecule has 0 saturated heterocycles. The van der Waals surface area contributed by atoms with Crippen molar-refractivity contribution in [2.45, 2.75) is 39.3 Å². The molecule has 0 aliphatic heterocycles. The Morgan fingerprint density at radius 2 is 1.89 bits per heavy atom. The molecule has 1 aromatic heterocycles. The average molecular weight is 242 g/mol. The quantitative estimate of drug-likeness (QED) is 0.899. The summed E-state index contributed by atoms with van der Waals surface area (Å²) in [5.74, 6) is 1.71. The number of hydrogen-bond acceptors (Lipinski definition) is 3. The fourth-order valence-corrected chi connectivity index (χ4v) is 2.55. The van der Waals surface area contributed by atoms with Crippen LogP contribution in [-0.2, 0) is 19.4 Å². The Morgan fingerprint density at radius 1 is 1.22 bits per heavy atom. The lowest BCUT2D eigenvalue weighted by molar-refractivity contribution is 0.424. The predicted molar refractivity (Wildman–Crippen MR) is 70.5 cm³/mol. The first-order valence-corrected chi connectivity index (χ1v) is 6.45. The normalized spacial score (nSPS) is 15.0. The molecular weight excluding hydrogens is 224 g/mol. The van der Waals surface area contributed by atoms with Gasteiger partial charge in [0.1, 0.15) is 5.76 Å². The van der Waals surface area contributed by atoms with Crippen molar-refractivity contribution in [3.05, 3.63) is 52.7 Å². The molecule has 3 nitrogen and oxygen atoms in total. The molecule has 94 valence electrons. The van der Waals surface area contributed by atoms with Crippen molar-refractivity contribution in [2.24, 2.45) is 0 Å². The average Bonchev–Trinajstić information content (AvgIpc) is 2.91. The number of benzene rings is 1. The Morgan fingerprint density at radius 3 is 2.44 bits per heavy atom. The highest BCUT2D eigenvalue weighted by molar-refractivity contribution is 5.33. The van der Waals surface area contributed by atoms with E-state index in [0.29, 0.717) is 12.6 Å². The van der Waals surface area contributed by atoms with E-state index in [-0.39, 0.29) is 0 Å². The molecule has 1 aliphatic carbocycles. The van der Waals surface area contributed by atoms with Gasteiger partial charge in [0.15, 0.2) is 0 Å². The summed E-state index contributed by atoms with van der Waals surface area (Å²) in [6.45, 7) is 4.65. The minimum Gasteiger partial charge on any atom is -0.444 e. The van der Waals surface area contributed by atoms with Gasteiger partial charge in [-0.3, -0.25) is 0 Å². The van der Waals surface area contributed by atoms with E-state index >= 15 is 0 Å². The van der Waals surface area contributed by atoms with Crippen molar-refractivity contribution in [3.63, 3.8) is 0 Å². The second-order valence-electron chi connectivity index (χ2n) is 5.00. The van der Waals surface area contributed by atoms with Gasteiger partial charge in [0.2, 0.25) is 5.89 Å². The highest BCUT2D eigenvalue weighted by Crippen LogP contribution is 2.21. The zero-order chi connectivity index (χ0) is 12.5. The first kappa shape index (κ1) is 11.5. The van der Waals surface area contributed by atoms with Gasteiger partial charge in [0, 0.05) is 6.04 Å². The van der Waals surface area contributed by atoms with Crippen LogP contribution in [0.15, 0.2) is 28.7 Å². The van der Waals surface area contributed by atoms with Gasteiger partial charge in [-0.25, -0.2) is 4.98 Å². The van der Waals surface area contributed by atoms with E-state index < -0.39 is 0 Å². The van der Waals surface area contributed by atoms with Crippen LogP contribution in [0.5, 0.6) is 0 Å². The summed E-state index contributed by atoms with van der Waals surface area (Å²) in [6.07, 6.45) is 2.21. The predicted octanol–water partition coefficient (Wildman–Crippen LogP) is 2.55. The Kier molecular flexibility index (Phi) is 2.92. The molecule has 0 unspecified atom stereocenters. The third-order valence-electron chi connectivity index (χ3n) is 3.67. The maximum absolute atomic E-state index is 5.58. The van der Waals surface area contributed by atoms with Crippen molar-refractivity contribution < 1.29 is 4.42 Å². The maximum atomic E-state index is 5.58. The van der Waals surface area contributed by atoms with E-state index in [1.807, 2.05) is 13.8 Å². The highest BCUT2D eigenvalue weighted by Gasteiger charge is 2.20. The standard InChI is InChI=1S/C15H18N2O/c1-10-11(2)18-15(17-10)9-16-14-7-12-5-3-4-6-13(12)8-14/h3-6,14,16H,7-9H2,1-2H3. The van der Waals surface area contributed by atoms with Gasteiger partial charge in [0.25, 0.3) is 0 Å². The monoisotopic (exact) mass is 242 g/mol. The fraction of sp³-hybridized carbons (Fsp3) is 0.400. The molecule has 0 radical (unpaired) electrons. The molecule has 0 spiro atoms. The second-order valence-corrected chi connectivity index (χ2v) is 5.00. The molecule has 0 saturated carbocycles. The molecule has 0 bridgehead atoms. The van der Waals surface area contributed by atoms with Crippen molar-refractivity contribution in [2.75, 3.05) is 0 Å². The van der Waals surface area contributed by atoms with E-state index in [2.05, 4.69) is 34.6 Å². The van der Waals surface area contributed by atoms with Crippen LogP contribution in [0.2, 0.25) is 0 Å². The van der Waals surface area contributed by atoms with Crippen molar-refractivity contribution >= 4 is 0 Å². The van der Waals surface area contributed by atoms with Crippen molar-refractivity contribution in [3.8, 4) is 0 Å². The number of oxazole rings is 1. The number of nitrogens with zero attached hydrogens (tertiary/aromatic N) is 1. The number of fused-ring (bicyclic) bond motifs is 1. The largest absolute Gasteiger partial charge is 0.444 e. The number of aromatic nitrogens is 1. The van der Waals surface area contributed by atoms with E-state index in [0.717, 1.165) is 30.2 Å². The molecule has 1 N–H and O–H groups in total. The SMILES string of the molecule is Cc1nc(CNC2Cc3ccccc3C2)oc1C. The van der Waals surface area contributed by atoms with E-state index in [4.69, 9.17) is 4.42 Å². The zero-order valence-electron chi connectivity index (χ0n) is 10.9. The van der Waals surface area contributed by atoms with Crippen LogP contribution in [0, 0.1) is 13.8 Å². The molecule has 2 aromatic rings. The van der Waals surface area contributed by atoms with Gasteiger partial charge in [0.05, 0.1) is 12.2 Å². The van der Waals surface area contributed by atoms with E-state index in [9.17, 15) is 0 Å². The van der Waals surface area contributed by atoms with Crippen LogP contribution in [0.25, 0.3) is 0 Å². The van der Waals surface area contributed by atoms with Gasteiger partial charge in [-0.05, 0) is 37.8 Å². The van der Waals surface area contributed by atoms with Crippen LogP contribution >= 0.6 is 0 Å². The summed E-state index contributed by atoms with van der Waals surface area (Å²) in [4.78, 5) is 4.39. The maximum Gasteiger partial charge on any atom is 0.208 e. The zero-order valence-corrected chi connectivity index (χ0v) is 10.9. The molecule has 1 heterocycles. The molecule has 3 rings (SSSR count). The van der Waals surface area contributed by atoms with Crippen LogP contribution in [0.1, 0.15) is 28.5 Å². The first-order valence-electron chi connectivity index (χ1n) is 6.45. The summed E-state index contributed by atoms with van der Waals surface area (Å²) in [5.41, 5.74) is 3.92. The Labute approximate surface area is 107 Å². The third-order valence-corrected chi connectivity index (χ3v) is 3.67. The molecule has 0 atom stereocenters.